The second-order valence-electron chi connectivity index (χ2n) is 9.57. The average Bonchev–Trinajstić information content (AvgIpc) is 3.14. The zero-order valence-corrected chi connectivity index (χ0v) is 20.4. The van der Waals surface area contributed by atoms with Crippen LogP contribution in [0.1, 0.15) is 23.1 Å². The van der Waals surface area contributed by atoms with Crippen molar-refractivity contribution in [3.63, 3.8) is 0 Å². The van der Waals surface area contributed by atoms with E-state index in [1.807, 2.05) is 42.5 Å². The van der Waals surface area contributed by atoms with Gasteiger partial charge in [-0.3, -0.25) is 14.6 Å². The van der Waals surface area contributed by atoms with Gasteiger partial charge in [0, 0.05) is 26.1 Å². The first kappa shape index (κ1) is 22.4. The van der Waals surface area contributed by atoms with Crippen LogP contribution in [0.15, 0.2) is 47.6 Å². The van der Waals surface area contributed by atoms with Crippen LogP contribution in [0.2, 0.25) is 0 Å². The number of hydrazone groups is 1. The van der Waals surface area contributed by atoms with E-state index in [4.69, 9.17) is 16.3 Å². The fourth-order valence-electron chi connectivity index (χ4n) is 5.48. The van der Waals surface area contributed by atoms with Crippen LogP contribution in [0.4, 0.5) is 5.69 Å². The van der Waals surface area contributed by atoms with E-state index < -0.39 is 6.04 Å². The van der Waals surface area contributed by atoms with E-state index in [1.165, 1.54) is 11.1 Å². The third-order valence-corrected chi connectivity index (χ3v) is 8.00. The third-order valence-electron chi connectivity index (χ3n) is 7.47. The van der Waals surface area contributed by atoms with Gasteiger partial charge in [-0.05, 0) is 48.2 Å². The van der Waals surface area contributed by atoms with Gasteiger partial charge in [-0.1, -0.05) is 41.9 Å². The highest BCUT2D eigenvalue weighted by Crippen LogP contribution is 2.37. The molecular formula is C26H28ClN5O3. The average molecular weight is 494 g/mol. The molecule has 3 atom stereocenters. The number of benzene rings is 2. The van der Waals surface area contributed by atoms with Crippen molar-refractivity contribution in [3.05, 3.63) is 59.2 Å². The lowest BCUT2D eigenvalue weighted by molar-refractivity contribution is -0.136. The van der Waals surface area contributed by atoms with E-state index in [0.717, 1.165) is 30.8 Å². The van der Waals surface area contributed by atoms with Crippen LogP contribution >= 0.6 is 11.6 Å². The second kappa shape index (κ2) is 8.84. The maximum absolute atomic E-state index is 13.6. The van der Waals surface area contributed by atoms with Crippen molar-refractivity contribution in [2.45, 2.75) is 37.5 Å². The van der Waals surface area contributed by atoms with Crippen LogP contribution in [-0.4, -0.2) is 65.7 Å². The van der Waals surface area contributed by atoms with E-state index in [1.54, 1.807) is 21.9 Å². The molecule has 2 unspecified atom stereocenters. The minimum atomic E-state index is -0.712. The summed E-state index contributed by atoms with van der Waals surface area (Å²) in [5, 5.41) is 9.78. The van der Waals surface area contributed by atoms with E-state index in [-0.39, 0.29) is 29.8 Å². The molecule has 4 aliphatic heterocycles. The van der Waals surface area contributed by atoms with Gasteiger partial charge in [0.2, 0.25) is 0 Å². The highest BCUT2D eigenvalue weighted by Gasteiger charge is 2.48. The van der Waals surface area contributed by atoms with Crippen molar-refractivity contribution in [2.75, 3.05) is 31.6 Å². The fraction of sp³-hybridized carbons (Fsp3) is 0.423. The highest BCUT2D eigenvalue weighted by molar-refractivity contribution is 6.42. The SMILES string of the molecule is CN1C(=O)[C@@H](N2CCC3C(=NN(Cc4ccccc4)C3Cl)C2=O)COc2cc3c(cc21)CNCC3. The monoisotopic (exact) mass is 493 g/mol. The first-order valence-electron chi connectivity index (χ1n) is 12.1. The summed E-state index contributed by atoms with van der Waals surface area (Å²) in [6.45, 7) is 2.80. The van der Waals surface area contributed by atoms with E-state index >= 15 is 0 Å². The molecule has 35 heavy (non-hydrogen) atoms. The van der Waals surface area contributed by atoms with E-state index in [0.29, 0.717) is 31.0 Å². The van der Waals surface area contributed by atoms with Crippen molar-refractivity contribution in [1.82, 2.24) is 15.2 Å². The summed E-state index contributed by atoms with van der Waals surface area (Å²) in [5.74, 6) is 0.160. The van der Waals surface area contributed by atoms with Gasteiger partial charge in [0.1, 0.15) is 29.6 Å². The number of hydrogen-bond acceptors (Lipinski definition) is 6. The molecule has 2 amide bonds. The number of halogens is 1. The quantitative estimate of drug-likeness (QED) is 0.524. The Labute approximate surface area is 209 Å². The van der Waals surface area contributed by atoms with Gasteiger partial charge in [0.25, 0.3) is 11.8 Å². The smallest absolute Gasteiger partial charge is 0.271 e. The van der Waals surface area contributed by atoms with Gasteiger partial charge in [0.05, 0.1) is 12.2 Å². The third kappa shape index (κ3) is 3.85. The molecule has 1 N–H and O–H groups in total. The van der Waals surface area contributed by atoms with Crippen LogP contribution in [0, 0.1) is 5.92 Å². The Balaban J connectivity index is 1.24. The predicted octanol–water partition coefficient (Wildman–Crippen LogP) is 2.34. The van der Waals surface area contributed by atoms with Crippen molar-refractivity contribution in [2.24, 2.45) is 11.0 Å². The zero-order valence-electron chi connectivity index (χ0n) is 19.6. The van der Waals surface area contributed by atoms with Crippen LogP contribution < -0.4 is 15.0 Å². The van der Waals surface area contributed by atoms with Crippen LogP contribution in [0.5, 0.6) is 5.75 Å². The number of nitrogens with zero attached hydrogens (tertiary/aromatic N) is 4. The molecule has 8 nitrogen and oxygen atoms in total. The lowest BCUT2D eigenvalue weighted by Crippen LogP contribution is -2.57. The zero-order chi connectivity index (χ0) is 24.1. The Morgan fingerprint density at radius 1 is 1.17 bits per heavy atom. The van der Waals surface area contributed by atoms with E-state index in [2.05, 4.69) is 10.4 Å². The number of likely N-dealkylation sites (N-methyl/N-ethyl adjacent to an activating group) is 1. The number of hydrogen-bond donors (Lipinski definition) is 1. The summed E-state index contributed by atoms with van der Waals surface area (Å²) in [4.78, 5) is 30.4. The fourth-order valence-corrected chi connectivity index (χ4v) is 5.84. The van der Waals surface area contributed by atoms with Gasteiger partial charge >= 0.3 is 0 Å². The van der Waals surface area contributed by atoms with Crippen LogP contribution in [0.25, 0.3) is 0 Å². The molecule has 4 heterocycles. The summed E-state index contributed by atoms with van der Waals surface area (Å²) in [6, 6.07) is 13.3. The van der Waals surface area contributed by atoms with Gasteiger partial charge in [0.15, 0.2) is 0 Å². The molecule has 0 aromatic heterocycles. The van der Waals surface area contributed by atoms with Gasteiger partial charge in [-0.2, -0.15) is 5.10 Å². The molecule has 6 rings (SSSR count). The standard InChI is InChI=1S/C26H28ClN5O3/c1-30-20-11-18-13-28-9-7-17(18)12-22(20)35-15-21(25(30)33)31-10-8-19-23(26(31)34)29-32(24(19)27)14-16-5-3-2-4-6-16/h2-6,11-12,19,21,24,28H,7-10,13-15H2,1H3/t19?,21-,24?/m0/s1. The van der Waals surface area contributed by atoms with E-state index in [9.17, 15) is 9.59 Å². The number of carbonyl (C=O) groups is 2. The maximum Gasteiger partial charge on any atom is 0.271 e. The number of alkyl halides is 1. The van der Waals surface area contributed by atoms with Gasteiger partial charge in [-0.25, -0.2) is 0 Å². The summed E-state index contributed by atoms with van der Waals surface area (Å²) < 4.78 is 6.15. The highest BCUT2D eigenvalue weighted by atomic mass is 35.5. The molecule has 1 fully saturated rings. The largest absolute Gasteiger partial charge is 0.489 e. The lowest BCUT2D eigenvalue weighted by atomic mass is 9.93. The first-order valence-corrected chi connectivity index (χ1v) is 12.6. The normalized spacial score (nSPS) is 25.9. The summed E-state index contributed by atoms with van der Waals surface area (Å²) >= 11 is 6.74. The Bertz CT molecular complexity index is 1200. The molecular weight excluding hydrogens is 466 g/mol. The summed E-state index contributed by atoms with van der Waals surface area (Å²) in [5.41, 5.74) is 4.30. The minimum absolute atomic E-state index is 0.120. The number of nitrogens with one attached hydrogen (secondary N) is 1. The minimum Gasteiger partial charge on any atom is -0.489 e. The Kier molecular flexibility index (Phi) is 5.65. The van der Waals surface area contributed by atoms with Crippen molar-refractivity contribution < 1.29 is 14.3 Å². The van der Waals surface area contributed by atoms with Crippen molar-refractivity contribution in [1.29, 1.82) is 0 Å². The number of ether oxygens (including phenoxy) is 1. The first-order chi connectivity index (χ1) is 17.0. The molecule has 0 saturated carbocycles. The number of anilines is 1. The molecule has 1 saturated heterocycles. The molecule has 4 aliphatic rings. The predicted molar refractivity (Wildman–Crippen MR) is 133 cm³/mol. The number of fused-ring (bicyclic) bond motifs is 3. The number of carbonyl (C=O) groups excluding carboxylic acids is 2. The van der Waals surface area contributed by atoms with Crippen molar-refractivity contribution >= 4 is 34.8 Å². The molecule has 2 aromatic rings. The summed E-state index contributed by atoms with van der Waals surface area (Å²) in [6.07, 6.45) is 1.59. The molecule has 9 heteroatoms. The van der Waals surface area contributed by atoms with Crippen molar-refractivity contribution in [3.8, 4) is 5.75 Å². The Hall–Kier alpha value is -3.10. The van der Waals surface area contributed by atoms with Crippen LogP contribution in [0.3, 0.4) is 0 Å². The molecule has 0 radical (unpaired) electrons. The topological polar surface area (TPSA) is 77.5 Å². The Morgan fingerprint density at radius 3 is 2.83 bits per heavy atom. The number of rotatable bonds is 3. The lowest BCUT2D eigenvalue weighted by Gasteiger charge is -2.36. The number of likely N-dealkylation sites (tertiary alicyclic amines) is 1. The molecule has 182 valence electrons. The van der Waals surface area contributed by atoms with Gasteiger partial charge < -0.3 is 19.9 Å². The molecule has 2 aromatic carbocycles. The number of piperidine rings is 1. The second-order valence-corrected chi connectivity index (χ2v) is 10.0. The molecule has 0 spiro atoms. The maximum atomic E-state index is 13.6. The molecule has 0 aliphatic carbocycles. The Morgan fingerprint density at radius 2 is 2.00 bits per heavy atom. The van der Waals surface area contributed by atoms with Crippen LogP contribution in [-0.2, 0) is 29.1 Å². The molecule has 0 bridgehead atoms. The summed E-state index contributed by atoms with van der Waals surface area (Å²) in [7, 11) is 1.76. The number of amides is 2. The van der Waals surface area contributed by atoms with Gasteiger partial charge in [-0.15, -0.1) is 0 Å².